The smallest absolute Gasteiger partial charge is 0.256 e. The largest absolute Gasteiger partial charge is 0.436 e. The zero-order chi connectivity index (χ0) is 21.5. The fourth-order valence-corrected chi connectivity index (χ4v) is 3.94. The van der Waals surface area contributed by atoms with E-state index in [-0.39, 0.29) is 5.91 Å². The lowest BCUT2D eigenvalue weighted by molar-refractivity contribution is 0.102. The minimum absolute atomic E-state index is 0.221. The van der Waals surface area contributed by atoms with Crippen molar-refractivity contribution in [3.05, 3.63) is 94.0 Å². The van der Waals surface area contributed by atoms with Gasteiger partial charge in [-0.3, -0.25) is 4.79 Å². The summed E-state index contributed by atoms with van der Waals surface area (Å²) in [4.78, 5) is 17.5. The number of hydrogen-bond donors (Lipinski definition) is 1. The van der Waals surface area contributed by atoms with Gasteiger partial charge in [0.25, 0.3) is 5.91 Å². The second kappa shape index (κ2) is 7.73. The third-order valence-electron chi connectivity index (χ3n) is 5.18. The number of carbonyl (C=O) groups is 1. The quantitative estimate of drug-likeness (QED) is 0.311. The zero-order valence-corrected chi connectivity index (χ0v) is 18.0. The van der Waals surface area contributed by atoms with Crippen LogP contribution in [0.3, 0.4) is 0 Å². The molecule has 0 spiro atoms. The second-order valence-corrected chi connectivity index (χ2v) is 8.07. The molecular weight excluding hydrogens is 431 g/mol. The van der Waals surface area contributed by atoms with Crippen molar-refractivity contribution in [2.45, 2.75) is 6.92 Å². The van der Waals surface area contributed by atoms with E-state index in [0.717, 1.165) is 21.9 Å². The summed E-state index contributed by atoms with van der Waals surface area (Å²) in [5, 5.41) is 5.85. The van der Waals surface area contributed by atoms with Crippen LogP contribution in [0.1, 0.15) is 15.9 Å². The van der Waals surface area contributed by atoms with Crippen LogP contribution in [0.5, 0.6) is 0 Å². The molecule has 1 heterocycles. The van der Waals surface area contributed by atoms with Crippen molar-refractivity contribution in [3.63, 3.8) is 0 Å². The molecule has 0 saturated heterocycles. The molecule has 0 aliphatic carbocycles. The lowest BCUT2D eigenvalue weighted by Gasteiger charge is -2.09. The SMILES string of the molecule is Cc1ccc(-c2nc3cc(NC(=O)c4cccc5c(Cl)cccc45)ccc3o2)cc1Cl. The van der Waals surface area contributed by atoms with Crippen LogP contribution in [-0.2, 0) is 0 Å². The van der Waals surface area contributed by atoms with Crippen molar-refractivity contribution in [2.75, 3.05) is 5.32 Å². The molecule has 1 amide bonds. The topological polar surface area (TPSA) is 55.1 Å². The summed E-state index contributed by atoms with van der Waals surface area (Å²) in [5.74, 6) is 0.255. The number of oxazole rings is 1. The van der Waals surface area contributed by atoms with E-state index in [1.807, 2.05) is 55.5 Å². The van der Waals surface area contributed by atoms with Gasteiger partial charge in [-0.1, -0.05) is 53.5 Å². The lowest BCUT2D eigenvalue weighted by atomic mass is 10.0. The summed E-state index contributed by atoms with van der Waals surface area (Å²) < 4.78 is 5.87. The normalized spacial score (nSPS) is 11.2. The van der Waals surface area contributed by atoms with Gasteiger partial charge in [-0.05, 0) is 60.3 Å². The number of fused-ring (bicyclic) bond motifs is 2. The van der Waals surface area contributed by atoms with E-state index in [1.54, 1.807) is 24.3 Å². The van der Waals surface area contributed by atoms with Gasteiger partial charge in [0.2, 0.25) is 5.89 Å². The monoisotopic (exact) mass is 446 g/mol. The number of halogens is 2. The highest BCUT2D eigenvalue weighted by Crippen LogP contribution is 2.30. The Morgan fingerprint density at radius 1 is 0.903 bits per heavy atom. The van der Waals surface area contributed by atoms with E-state index < -0.39 is 0 Å². The van der Waals surface area contributed by atoms with Crippen LogP contribution in [0.2, 0.25) is 10.0 Å². The Balaban J connectivity index is 1.47. The summed E-state index contributed by atoms with van der Waals surface area (Å²) in [6.07, 6.45) is 0. The first kappa shape index (κ1) is 19.6. The Morgan fingerprint density at radius 2 is 1.71 bits per heavy atom. The van der Waals surface area contributed by atoms with Crippen LogP contribution in [0.4, 0.5) is 5.69 Å². The maximum absolute atomic E-state index is 13.0. The summed E-state index contributed by atoms with van der Waals surface area (Å²) >= 11 is 12.5. The number of benzene rings is 4. The second-order valence-electron chi connectivity index (χ2n) is 7.26. The van der Waals surface area contributed by atoms with Crippen LogP contribution in [0, 0.1) is 6.92 Å². The minimum atomic E-state index is -0.221. The van der Waals surface area contributed by atoms with Gasteiger partial charge in [0, 0.05) is 32.2 Å². The van der Waals surface area contributed by atoms with Crippen molar-refractivity contribution in [1.82, 2.24) is 4.98 Å². The highest BCUT2D eigenvalue weighted by Gasteiger charge is 2.14. The number of nitrogens with zero attached hydrogens (tertiary/aromatic N) is 1. The first-order chi connectivity index (χ1) is 15.0. The Kier molecular flexibility index (Phi) is 4.89. The van der Waals surface area contributed by atoms with Crippen LogP contribution in [-0.4, -0.2) is 10.9 Å². The Labute approximate surface area is 188 Å². The fourth-order valence-electron chi connectivity index (χ4n) is 3.52. The molecule has 0 fully saturated rings. The number of aryl methyl sites for hydroxylation is 1. The molecule has 4 aromatic carbocycles. The van der Waals surface area contributed by atoms with Crippen LogP contribution in [0.15, 0.2) is 77.2 Å². The molecule has 5 rings (SSSR count). The van der Waals surface area contributed by atoms with Crippen molar-refractivity contribution in [1.29, 1.82) is 0 Å². The fraction of sp³-hybridized carbons (Fsp3) is 0.0400. The molecule has 1 N–H and O–H groups in total. The van der Waals surface area contributed by atoms with E-state index in [0.29, 0.717) is 38.3 Å². The number of carbonyl (C=O) groups excluding carboxylic acids is 1. The van der Waals surface area contributed by atoms with Crippen LogP contribution in [0.25, 0.3) is 33.3 Å². The van der Waals surface area contributed by atoms with Gasteiger partial charge in [0.05, 0.1) is 0 Å². The maximum Gasteiger partial charge on any atom is 0.256 e. The summed E-state index contributed by atoms with van der Waals surface area (Å²) in [5.41, 5.74) is 4.23. The first-order valence-corrected chi connectivity index (χ1v) is 10.4. The number of nitrogens with one attached hydrogen (secondary N) is 1. The van der Waals surface area contributed by atoms with E-state index in [4.69, 9.17) is 27.6 Å². The minimum Gasteiger partial charge on any atom is -0.436 e. The Morgan fingerprint density at radius 3 is 2.55 bits per heavy atom. The molecule has 152 valence electrons. The van der Waals surface area contributed by atoms with Gasteiger partial charge in [-0.25, -0.2) is 4.98 Å². The Hall–Kier alpha value is -3.34. The van der Waals surface area contributed by atoms with Gasteiger partial charge < -0.3 is 9.73 Å². The van der Waals surface area contributed by atoms with E-state index in [2.05, 4.69) is 10.3 Å². The molecule has 1 aromatic heterocycles. The highest BCUT2D eigenvalue weighted by molar-refractivity contribution is 6.36. The molecule has 0 atom stereocenters. The zero-order valence-electron chi connectivity index (χ0n) is 16.4. The first-order valence-electron chi connectivity index (χ1n) is 9.65. The third-order valence-corrected chi connectivity index (χ3v) is 5.91. The molecule has 0 radical (unpaired) electrons. The predicted molar refractivity (Wildman–Crippen MR) is 126 cm³/mol. The molecule has 4 nitrogen and oxygen atoms in total. The van der Waals surface area contributed by atoms with Gasteiger partial charge in [0.15, 0.2) is 5.58 Å². The summed E-state index contributed by atoms with van der Waals surface area (Å²) in [6.45, 7) is 1.94. The van der Waals surface area contributed by atoms with Crippen LogP contribution >= 0.6 is 23.2 Å². The average Bonchev–Trinajstić information content (AvgIpc) is 3.19. The van der Waals surface area contributed by atoms with Crippen molar-refractivity contribution < 1.29 is 9.21 Å². The van der Waals surface area contributed by atoms with E-state index >= 15 is 0 Å². The molecule has 0 bridgehead atoms. The molecule has 0 aliphatic rings. The number of amides is 1. The van der Waals surface area contributed by atoms with Crippen molar-refractivity contribution in [2.24, 2.45) is 0 Å². The molecule has 0 unspecified atom stereocenters. The highest BCUT2D eigenvalue weighted by atomic mass is 35.5. The van der Waals surface area contributed by atoms with Gasteiger partial charge in [0.1, 0.15) is 5.52 Å². The van der Waals surface area contributed by atoms with Gasteiger partial charge in [-0.2, -0.15) is 0 Å². The predicted octanol–water partition coefficient (Wildman–Crippen LogP) is 7.52. The van der Waals surface area contributed by atoms with Crippen molar-refractivity contribution >= 4 is 56.7 Å². The van der Waals surface area contributed by atoms with E-state index in [9.17, 15) is 4.79 Å². The molecule has 0 saturated carbocycles. The average molecular weight is 447 g/mol. The lowest BCUT2D eigenvalue weighted by Crippen LogP contribution is -2.12. The summed E-state index contributed by atoms with van der Waals surface area (Å²) in [6, 6.07) is 22.1. The van der Waals surface area contributed by atoms with Gasteiger partial charge in [-0.15, -0.1) is 0 Å². The van der Waals surface area contributed by atoms with Crippen molar-refractivity contribution in [3.8, 4) is 11.5 Å². The van der Waals surface area contributed by atoms with E-state index in [1.165, 1.54) is 0 Å². The van der Waals surface area contributed by atoms with Crippen LogP contribution < -0.4 is 5.32 Å². The molecule has 0 aliphatic heterocycles. The molecular formula is C25H16Cl2N2O2. The molecule has 31 heavy (non-hydrogen) atoms. The molecule has 5 aromatic rings. The Bertz CT molecular complexity index is 1470. The number of anilines is 1. The number of rotatable bonds is 3. The number of aromatic nitrogens is 1. The molecule has 6 heteroatoms. The summed E-state index contributed by atoms with van der Waals surface area (Å²) in [7, 11) is 0. The standard InChI is InChI=1S/C25H16Cl2N2O2/c1-14-8-9-15(12-21(14)27)25-29-22-13-16(10-11-23(22)31-25)28-24(30)19-6-2-5-18-17(19)4-3-7-20(18)26/h2-13H,1H3,(H,28,30). The number of hydrogen-bond acceptors (Lipinski definition) is 3. The third kappa shape index (κ3) is 3.65. The van der Waals surface area contributed by atoms with Gasteiger partial charge >= 0.3 is 0 Å². The maximum atomic E-state index is 13.0.